The van der Waals surface area contributed by atoms with E-state index < -0.39 is 0 Å². The third kappa shape index (κ3) is 3.96. The van der Waals surface area contributed by atoms with Crippen molar-refractivity contribution in [2.24, 2.45) is 0 Å². The first-order valence-corrected chi connectivity index (χ1v) is 7.76. The highest BCUT2D eigenvalue weighted by molar-refractivity contribution is 5.40. The number of benzene rings is 1. The van der Waals surface area contributed by atoms with Crippen molar-refractivity contribution in [3.8, 4) is 5.75 Å². The summed E-state index contributed by atoms with van der Waals surface area (Å²) in [6, 6.07) is 6.52. The van der Waals surface area contributed by atoms with E-state index >= 15 is 0 Å². The van der Waals surface area contributed by atoms with Gasteiger partial charge in [0.15, 0.2) is 0 Å². The molecule has 1 N–H and O–H groups in total. The van der Waals surface area contributed by atoms with Crippen molar-refractivity contribution in [1.29, 1.82) is 0 Å². The molecule has 1 aliphatic rings. The van der Waals surface area contributed by atoms with Gasteiger partial charge in [0.25, 0.3) is 0 Å². The summed E-state index contributed by atoms with van der Waals surface area (Å²) in [5, 5.41) is 3.40. The molecule has 4 nitrogen and oxygen atoms in total. The van der Waals surface area contributed by atoms with E-state index in [2.05, 4.69) is 24.4 Å². The Morgan fingerprint density at radius 3 is 2.86 bits per heavy atom. The van der Waals surface area contributed by atoms with Crippen LogP contribution in [0.3, 0.4) is 0 Å². The average molecular weight is 293 g/mol. The number of hydrogen-bond donors (Lipinski definition) is 1. The summed E-state index contributed by atoms with van der Waals surface area (Å²) in [4.78, 5) is 0. The van der Waals surface area contributed by atoms with Gasteiger partial charge in [0.05, 0.1) is 32.0 Å². The number of hydrogen-bond acceptors (Lipinski definition) is 4. The van der Waals surface area contributed by atoms with Crippen LogP contribution < -0.4 is 10.1 Å². The highest BCUT2D eigenvalue weighted by Crippen LogP contribution is 2.34. The molecule has 118 valence electrons. The van der Waals surface area contributed by atoms with Crippen LogP contribution in [0.5, 0.6) is 5.75 Å². The Morgan fingerprint density at radius 2 is 2.19 bits per heavy atom. The molecule has 1 aromatic rings. The Morgan fingerprint density at radius 1 is 1.38 bits per heavy atom. The lowest BCUT2D eigenvalue weighted by atomic mass is 9.85. The molecule has 0 amide bonds. The zero-order valence-corrected chi connectivity index (χ0v) is 13.5. The molecule has 2 rings (SSSR count). The lowest BCUT2D eigenvalue weighted by Crippen LogP contribution is -2.38. The molecule has 4 heteroatoms. The summed E-state index contributed by atoms with van der Waals surface area (Å²) in [5.41, 5.74) is 2.67. The summed E-state index contributed by atoms with van der Waals surface area (Å²) in [7, 11) is 3.69. The van der Waals surface area contributed by atoms with Crippen molar-refractivity contribution in [2.75, 3.05) is 27.4 Å². The second-order valence-corrected chi connectivity index (χ2v) is 5.51. The molecule has 1 aromatic carbocycles. The number of nitrogens with one attached hydrogen (secondary N) is 1. The summed E-state index contributed by atoms with van der Waals surface area (Å²) in [6.45, 7) is 5.46. The van der Waals surface area contributed by atoms with Gasteiger partial charge in [0.2, 0.25) is 0 Å². The summed E-state index contributed by atoms with van der Waals surface area (Å²) in [6.07, 6.45) is 2.35. The van der Waals surface area contributed by atoms with E-state index in [0.29, 0.717) is 6.61 Å². The minimum atomic E-state index is 0.109. The van der Waals surface area contributed by atoms with Gasteiger partial charge in [-0.2, -0.15) is 0 Å². The molecule has 3 atom stereocenters. The predicted molar refractivity (Wildman–Crippen MR) is 83.9 cm³/mol. The molecular formula is C17H27NO3. The molecule has 0 aromatic heterocycles. The fraction of sp³-hybridized carbons (Fsp3) is 0.647. The lowest BCUT2D eigenvalue weighted by Gasteiger charge is -2.35. The second-order valence-electron chi connectivity index (χ2n) is 5.51. The zero-order valence-electron chi connectivity index (χ0n) is 13.5. The van der Waals surface area contributed by atoms with Gasteiger partial charge >= 0.3 is 0 Å². The van der Waals surface area contributed by atoms with Gasteiger partial charge in [-0.25, -0.2) is 0 Å². The van der Waals surface area contributed by atoms with Crippen LogP contribution in [-0.2, 0) is 15.9 Å². The average Bonchev–Trinajstić information content (AvgIpc) is 2.52. The Kier molecular flexibility index (Phi) is 6.03. The van der Waals surface area contributed by atoms with E-state index in [1.807, 2.05) is 20.0 Å². The normalized spacial score (nSPS) is 22.7. The minimum absolute atomic E-state index is 0.109. The maximum atomic E-state index is 6.20. The third-order valence-corrected chi connectivity index (χ3v) is 4.03. The highest BCUT2D eigenvalue weighted by Gasteiger charge is 2.30. The van der Waals surface area contributed by atoms with Crippen LogP contribution in [0.1, 0.15) is 37.4 Å². The lowest BCUT2D eigenvalue weighted by molar-refractivity contribution is -0.0648. The second kappa shape index (κ2) is 7.78. The molecule has 0 spiro atoms. The quantitative estimate of drug-likeness (QED) is 0.839. The number of methoxy groups -OCH3 is 1. The molecule has 0 radical (unpaired) electrons. The van der Waals surface area contributed by atoms with E-state index in [0.717, 1.165) is 25.2 Å². The largest absolute Gasteiger partial charge is 0.497 e. The van der Waals surface area contributed by atoms with Crippen molar-refractivity contribution in [1.82, 2.24) is 5.32 Å². The molecule has 0 bridgehead atoms. The van der Waals surface area contributed by atoms with Crippen LogP contribution in [-0.4, -0.2) is 39.6 Å². The van der Waals surface area contributed by atoms with Gasteiger partial charge in [-0.15, -0.1) is 0 Å². The molecular weight excluding hydrogens is 266 g/mol. The number of likely N-dealkylation sites (N-methyl/N-ethyl adjacent to an activating group) is 1. The van der Waals surface area contributed by atoms with Crippen LogP contribution >= 0.6 is 0 Å². The summed E-state index contributed by atoms with van der Waals surface area (Å²) >= 11 is 0. The summed E-state index contributed by atoms with van der Waals surface area (Å²) in [5.74, 6) is 0.900. The molecule has 0 fully saturated rings. The Balaban J connectivity index is 2.11. The van der Waals surface area contributed by atoms with Crippen LogP contribution in [0.25, 0.3) is 0 Å². The number of aryl methyl sites for hydroxylation is 1. The molecule has 21 heavy (non-hydrogen) atoms. The maximum absolute atomic E-state index is 6.20. The van der Waals surface area contributed by atoms with Crippen molar-refractivity contribution >= 4 is 0 Å². The van der Waals surface area contributed by atoms with E-state index in [4.69, 9.17) is 14.2 Å². The Bertz CT molecular complexity index is 450. The molecule has 0 saturated carbocycles. The molecule has 0 aliphatic heterocycles. The Labute approximate surface area is 127 Å². The molecule has 3 unspecified atom stereocenters. The topological polar surface area (TPSA) is 39.7 Å². The monoisotopic (exact) mass is 293 g/mol. The first kappa shape index (κ1) is 16.3. The van der Waals surface area contributed by atoms with E-state index in [1.165, 1.54) is 11.1 Å². The van der Waals surface area contributed by atoms with Crippen molar-refractivity contribution in [3.63, 3.8) is 0 Å². The van der Waals surface area contributed by atoms with E-state index in [-0.39, 0.29) is 18.2 Å². The van der Waals surface area contributed by atoms with Crippen molar-refractivity contribution < 1.29 is 14.2 Å². The summed E-state index contributed by atoms with van der Waals surface area (Å²) < 4.78 is 17.0. The Hall–Kier alpha value is -1.10. The fourth-order valence-corrected chi connectivity index (χ4v) is 2.99. The van der Waals surface area contributed by atoms with E-state index in [9.17, 15) is 0 Å². The SMILES string of the molecule is CCOCC(C)OC1CCc2ccc(OC)cc2C1NC. The number of ether oxygens (including phenoxy) is 3. The van der Waals surface area contributed by atoms with Gasteiger partial charge in [-0.05, 0) is 57.0 Å². The van der Waals surface area contributed by atoms with E-state index in [1.54, 1.807) is 7.11 Å². The smallest absolute Gasteiger partial charge is 0.119 e. The molecule has 1 aliphatic carbocycles. The van der Waals surface area contributed by atoms with Gasteiger partial charge in [-0.1, -0.05) is 6.07 Å². The van der Waals surface area contributed by atoms with Gasteiger partial charge in [-0.3, -0.25) is 0 Å². The van der Waals surface area contributed by atoms with Crippen LogP contribution in [0.15, 0.2) is 18.2 Å². The van der Waals surface area contributed by atoms with Crippen molar-refractivity contribution in [3.05, 3.63) is 29.3 Å². The predicted octanol–water partition coefficient (Wildman–Crippen LogP) is 2.71. The van der Waals surface area contributed by atoms with Crippen LogP contribution in [0.2, 0.25) is 0 Å². The fourth-order valence-electron chi connectivity index (χ4n) is 2.99. The first-order valence-electron chi connectivity index (χ1n) is 7.76. The minimum Gasteiger partial charge on any atom is -0.497 e. The van der Waals surface area contributed by atoms with Gasteiger partial charge < -0.3 is 19.5 Å². The molecule has 0 saturated heterocycles. The zero-order chi connectivity index (χ0) is 15.2. The van der Waals surface area contributed by atoms with Crippen LogP contribution in [0.4, 0.5) is 0 Å². The maximum Gasteiger partial charge on any atom is 0.119 e. The molecule has 0 heterocycles. The van der Waals surface area contributed by atoms with Crippen molar-refractivity contribution in [2.45, 2.75) is 44.9 Å². The number of rotatable bonds is 7. The third-order valence-electron chi connectivity index (χ3n) is 4.03. The highest BCUT2D eigenvalue weighted by atomic mass is 16.5. The van der Waals surface area contributed by atoms with Gasteiger partial charge in [0, 0.05) is 6.61 Å². The first-order chi connectivity index (χ1) is 10.2. The number of fused-ring (bicyclic) bond motifs is 1. The standard InChI is InChI=1S/C17H27NO3/c1-5-20-11-12(2)21-16-9-7-13-6-8-14(19-4)10-15(13)17(16)18-3/h6,8,10,12,16-18H,5,7,9,11H2,1-4H3. The van der Waals surface area contributed by atoms with Gasteiger partial charge in [0.1, 0.15) is 5.75 Å². The van der Waals surface area contributed by atoms with Crippen LogP contribution in [0, 0.1) is 0 Å².